The van der Waals surface area contributed by atoms with Crippen LogP contribution in [0.5, 0.6) is 0 Å². The van der Waals surface area contributed by atoms with E-state index in [9.17, 15) is 4.79 Å². The fraction of sp³-hybridized carbons (Fsp3) is 0.583. The van der Waals surface area contributed by atoms with E-state index in [0.717, 1.165) is 18.9 Å². The first kappa shape index (κ1) is 11.8. The molecule has 5 nitrogen and oxygen atoms in total. The molecule has 0 unspecified atom stereocenters. The van der Waals surface area contributed by atoms with Crippen LogP contribution in [0, 0.1) is 0 Å². The van der Waals surface area contributed by atoms with Gasteiger partial charge in [-0.3, -0.25) is 9.78 Å². The lowest BCUT2D eigenvalue weighted by Gasteiger charge is -2.27. The summed E-state index contributed by atoms with van der Waals surface area (Å²) in [4.78, 5) is 22.0. The Kier molecular flexibility index (Phi) is 3.90. The molecule has 0 aromatic carbocycles. The summed E-state index contributed by atoms with van der Waals surface area (Å²) in [5.41, 5.74) is 0. The molecule has 0 atom stereocenters. The van der Waals surface area contributed by atoms with Crippen molar-refractivity contribution in [2.75, 3.05) is 23.3 Å². The van der Waals surface area contributed by atoms with Crippen LogP contribution in [0.1, 0.15) is 32.6 Å². The van der Waals surface area contributed by atoms with E-state index in [1.165, 1.54) is 19.3 Å². The molecular formula is C12H18N4O. The zero-order valence-electron chi connectivity index (χ0n) is 10.1. The van der Waals surface area contributed by atoms with E-state index in [-0.39, 0.29) is 5.91 Å². The Morgan fingerprint density at radius 1 is 1.35 bits per heavy atom. The number of aromatic nitrogens is 2. The van der Waals surface area contributed by atoms with Crippen molar-refractivity contribution in [3.63, 3.8) is 0 Å². The van der Waals surface area contributed by atoms with E-state index >= 15 is 0 Å². The fourth-order valence-electron chi connectivity index (χ4n) is 1.92. The maximum atomic E-state index is 11.3. The van der Waals surface area contributed by atoms with Crippen LogP contribution in [0.25, 0.3) is 0 Å². The molecule has 1 N–H and O–H groups in total. The lowest BCUT2D eigenvalue weighted by atomic mass is 10.1. The highest BCUT2D eigenvalue weighted by molar-refractivity contribution is 5.89. The van der Waals surface area contributed by atoms with Crippen LogP contribution in [0.3, 0.4) is 0 Å². The van der Waals surface area contributed by atoms with Gasteiger partial charge in [0.1, 0.15) is 5.82 Å². The maximum Gasteiger partial charge on any atom is 0.225 e. The van der Waals surface area contributed by atoms with Gasteiger partial charge in [0.05, 0.1) is 12.4 Å². The highest BCUT2D eigenvalue weighted by Crippen LogP contribution is 2.17. The van der Waals surface area contributed by atoms with Crippen molar-refractivity contribution in [1.82, 2.24) is 9.97 Å². The van der Waals surface area contributed by atoms with Crippen molar-refractivity contribution >= 4 is 17.5 Å². The summed E-state index contributed by atoms with van der Waals surface area (Å²) < 4.78 is 0. The van der Waals surface area contributed by atoms with Crippen LogP contribution in [-0.4, -0.2) is 29.0 Å². The Bertz CT molecular complexity index is 388. The number of carbonyl (C=O) groups excluding carboxylic acids is 1. The molecule has 0 bridgehead atoms. The van der Waals surface area contributed by atoms with Crippen molar-refractivity contribution in [3.8, 4) is 0 Å². The van der Waals surface area contributed by atoms with Crippen molar-refractivity contribution in [2.45, 2.75) is 32.6 Å². The number of rotatable bonds is 3. The molecule has 1 aliphatic heterocycles. The van der Waals surface area contributed by atoms with Crippen LogP contribution in [0.4, 0.5) is 11.6 Å². The molecule has 0 aliphatic carbocycles. The molecule has 0 spiro atoms. The lowest BCUT2D eigenvalue weighted by molar-refractivity contribution is -0.115. The second-order valence-electron chi connectivity index (χ2n) is 4.21. The number of hydrogen-bond donors (Lipinski definition) is 1. The van der Waals surface area contributed by atoms with Crippen LogP contribution in [0.2, 0.25) is 0 Å². The maximum absolute atomic E-state index is 11.3. The lowest BCUT2D eigenvalue weighted by Crippen LogP contribution is -2.30. The molecule has 1 aromatic rings. The third-order valence-electron chi connectivity index (χ3n) is 2.89. The van der Waals surface area contributed by atoms with Crippen molar-refractivity contribution in [3.05, 3.63) is 12.4 Å². The Hall–Kier alpha value is -1.65. The highest BCUT2D eigenvalue weighted by Gasteiger charge is 2.13. The molecule has 5 heteroatoms. The summed E-state index contributed by atoms with van der Waals surface area (Å²) in [5, 5.41) is 2.73. The minimum atomic E-state index is -0.0323. The van der Waals surface area contributed by atoms with Crippen molar-refractivity contribution < 1.29 is 4.79 Å². The Balaban J connectivity index is 2.07. The van der Waals surface area contributed by atoms with Crippen molar-refractivity contribution in [2.24, 2.45) is 0 Å². The predicted molar refractivity (Wildman–Crippen MR) is 67.0 cm³/mol. The molecule has 1 saturated heterocycles. The number of piperidine rings is 1. The minimum absolute atomic E-state index is 0.0323. The van der Waals surface area contributed by atoms with E-state index in [1.54, 1.807) is 12.4 Å². The molecule has 1 fully saturated rings. The molecule has 1 aromatic heterocycles. The Morgan fingerprint density at radius 2 is 2.12 bits per heavy atom. The molecule has 0 saturated carbocycles. The fourth-order valence-corrected chi connectivity index (χ4v) is 1.92. The first-order chi connectivity index (χ1) is 8.29. The van der Waals surface area contributed by atoms with Gasteiger partial charge in [0, 0.05) is 19.5 Å². The third kappa shape index (κ3) is 3.15. The van der Waals surface area contributed by atoms with Gasteiger partial charge in [-0.1, -0.05) is 6.92 Å². The van der Waals surface area contributed by atoms with E-state index in [1.807, 2.05) is 6.92 Å². The average Bonchev–Trinajstić information content (AvgIpc) is 2.40. The zero-order valence-corrected chi connectivity index (χ0v) is 10.1. The van der Waals surface area contributed by atoms with Crippen LogP contribution >= 0.6 is 0 Å². The van der Waals surface area contributed by atoms with Gasteiger partial charge in [-0.2, -0.15) is 0 Å². The first-order valence-corrected chi connectivity index (χ1v) is 6.16. The molecule has 1 aliphatic rings. The highest BCUT2D eigenvalue weighted by atomic mass is 16.1. The smallest absolute Gasteiger partial charge is 0.225 e. The number of nitrogens with zero attached hydrogens (tertiary/aromatic N) is 3. The standard InChI is InChI=1S/C12H18N4O/c1-2-12(17)15-10-8-13-9-11(14-10)16-6-4-3-5-7-16/h8-9H,2-7H2,1H3,(H,14,15,17). The second-order valence-corrected chi connectivity index (χ2v) is 4.21. The zero-order chi connectivity index (χ0) is 12.1. The molecule has 92 valence electrons. The average molecular weight is 234 g/mol. The van der Waals surface area contributed by atoms with Gasteiger partial charge in [-0.25, -0.2) is 4.98 Å². The van der Waals surface area contributed by atoms with E-state index < -0.39 is 0 Å². The summed E-state index contributed by atoms with van der Waals surface area (Å²) >= 11 is 0. The molecule has 2 heterocycles. The largest absolute Gasteiger partial charge is 0.355 e. The third-order valence-corrected chi connectivity index (χ3v) is 2.89. The first-order valence-electron chi connectivity index (χ1n) is 6.16. The molecular weight excluding hydrogens is 216 g/mol. The summed E-state index contributed by atoms with van der Waals surface area (Å²) in [5.74, 6) is 1.37. The molecule has 17 heavy (non-hydrogen) atoms. The Morgan fingerprint density at radius 3 is 2.82 bits per heavy atom. The van der Waals surface area contributed by atoms with Gasteiger partial charge < -0.3 is 10.2 Å². The van der Waals surface area contributed by atoms with Gasteiger partial charge in [0.15, 0.2) is 5.82 Å². The quantitative estimate of drug-likeness (QED) is 0.866. The van der Waals surface area contributed by atoms with E-state index in [4.69, 9.17) is 0 Å². The van der Waals surface area contributed by atoms with Crippen LogP contribution in [0.15, 0.2) is 12.4 Å². The summed E-state index contributed by atoms with van der Waals surface area (Å²) in [6.07, 6.45) is 7.49. The van der Waals surface area contributed by atoms with Crippen LogP contribution < -0.4 is 10.2 Å². The summed E-state index contributed by atoms with van der Waals surface area (Å²) in [6.45, 7) is 3.87. The molecule has 0 radical (unpaired) electrons. The topological polar surface area (TPSA) is 58.1 Å². The predicted octanol–water partition coefficient (Wildman–Crippen LogP) is 1.82. The van der Waals surface area contributed by atoms with Gasteiger partial charge in [0.2, 0.25) is 5.91 Å². The normalized spacial score (nSPS) is 15.7. The minimum Gasteiger partial charge on any atom is -0.355 e. The van der Waals surface area contributed by atoms with Gasteiger partial charge in [-0.05, 0) is 19.3 Å². The van der Waals surface area contributed by atoms with Gasteiger partial charge in [-0.15, -0.1) is 0 Å². The summed E-state index contributed by atoms with van der Waals surface area (Å²) in [6, 6.07) is 0. The second kappa shape index (κ2) is 5.61. The van der Waals surface area contributed by atoms with Crippen LogP contribution in [-0.2, 0) is 4.79 Å². The number of anilines is 2. The number of amides is 1. The Labute approximate surface area is 101 Å². The number of nitrogens with one attached hydrogen (secondary N) is 1. The summed E-state index contributed by atoms with van der Waals surface area (Å²) in [7, 11) is 0. The molecule has 1 amide bonds. The van der Waals surface area contributed by atoms with Crippen molar-refractivity contribution in [1.29, 1.82) is 0 Å². The van der Waals surface area contributed by atoms with Gasteiger partial charge in [0.25, 0.3) is 0 Å². The van der Waals surface area contributed by atoms with E-state index in [2.05, 4.69) is 20.2 Å². The SMILES string of the molecule is CCC(=O)Nc1cncc(N2CCCCC2)n1. The van der Waals surface area contributed by atoms with Gasteiger partial charge >= 0.3 is 0 Å². The molecule has 2 rings (SSSR count). The number of hydrogen-bond acceptors (Lipinski definition) is 4. The van der Waals surface area contributed by atoms with E-state index in [0.29, 0.717) is 12.2 Å². The number of carbonyl (C=O) groups is 1. The monoisotopic (exact) mass is 234 g/mol.